The highest BCUT2D eigenvalue weighted by molar-refractivity contribution is 7.92. The van der Waals surface area contributed by atoms with Gasteiger partial charge in [-0.2, -0.15) is 5.10 Å². The van der Waals surface area contributed by atoms with E-state index in [1.165, 1.54) is 12.1 Å². The van der Waals surface area contributed by atoms with Crippen LogP contribution in [0.5, 0.6) is 0 Å². The number of fused-ring (bicyclic) bond motifs is 1. The van der Waals surface area contributed by atoms with Crippen LogP contribution in [0.1, 0.15) is 22.8 Å². The lowest BCUT2D eigenvalue weighted by Gasteiger charge is -2.14. The molecule has 0 unspecified atom stereocenters. The Kier molecular flexibility index (Phi) is 6.26. The van der Waals surface area contributed by atoms with Crippen molar-refractivity contribution in [2.24, 2.45) is 0 Å². The van der Waals surface area contributed by atoms with E-state index in [1.807, 2.05) is 19.9 Å². The van der Waals surface area contributed by atoms with E-state index in [4.69, 9.17) is 21.6 Å². The highest BCUT2D eigenvalue weighted by atomic mass is 35.5. The maximum atomic E-state index is 12.9. The van der Waals surface area contributed by atoms with Crippen LogP contribution in [0.25, 0.3) is 16.9 Å². The molecule has 2 N–H and O–H groups in total. The summed E-state index contributed by atoms with van der Waals surface area (Å²) in [7, 11) is -3.88. The monoisotopic (exact) mass is 534 g/mol. The molecule has 0 aliphatic carbocycles. The Balaban J connectivity index is 1.48. The number of benzene rings is 2. The number of hydrogen-bond donors (Lipinski definition) is 2. The number of sulfonamides is 1. The molecule has 0 aliphatic heterocycles. The van der Waals surface area contributed by atoms with Crippen molar-refractivity contribution in [3.63, 3.8) is 0 Å². The number of anilines is 3. The lowest BCUT2D eigenvalue weighted by molar-refractivity contribution is 0.601. The normalized spacial score (nSPS) is 11.6. The second kappa shape index (κ2) is 9.41. The lowest BCUT2D eigenvalue weighted by atomic mass is 10.3. The van der Waals surface area contributed by atoms with Gasteiger partial charge in [0.25, 0.3) is 10.0 Å². The summed E-state index contributed by atoms with van der Waals surface area (Å²) in [6.45, 7) is 7.39. The molecule has 3 aromatic heterocycles. The van der Waals surface area contributed by atoms with E-state index in [-0.39, 0.29) is 10.8 Å². The Labute approximate surface area is 218 Å². The van der Waals surface area contributed by atoms with Crippen LogP contribution in [0, 0.1) is 27.7 Å². The van der Waals surface area contributed by atoms with Crippen LogP contribution in [0.3, 0.4) is 0 Å². The minimum atomic E-state index is -3.88. The highest BCUT2D eigenvalue weighted by Gasteiger charge is 2.18. The van der Waals surface area contributed by atoms with Crippen molar-refractivity contribution in [1.82, 2.24) is 29.7 Å². The second-order valence-corrected chi connectivity index (χ2v) is 10.7. The summed E-state index contributed by atoms with van der Waals surface area (Å²) in [6.07, 6.45) is 0. The van der Waals surface area contributed by atoms with Crippen LogP contribution >= 0.6 is 11.6 Å². The van der Waals surface area contributed by atoms with Gasteiger partial charge in [-0.3, -0.25) is 0 Å². The zero-order valence-corrected chi connectivity index (χ0v) is 22.1. The van der Waals surface area contributed by atoms with Crippen LogP contribution in [-0.2, 0) is 10.0 Å². The van der Waals surface area contributed by atoms with Gasteiger partial charge in [-0.15, -0.1) is 0 Å². The third-order valence-corrected chi connectivity index (χ3v) is 7.03. The third-order valence-electron chi connectivity index (χ3n) is 5.45. The van der Waals surface area contributed by atoms with E-state index in [2.05, 4.69) is 25.1 Å². The van der Waals surface area contributed by atoms with Gasteiger partial charge in [-0.05, 0) is 82.3 Å². The number of rotatable bonds is 6. The molecule has 0 radical (unpaired) electrons. The quantitative estimate of drug-likeness (QED) is 0.310. The molecule has 10 nitrogen and oxygen atoms in total. The molecule has 0 amide bonds. The van der Waals surface area contributed by atoms with Crippen molar-refractivity contribution in [2.45, 2.75) is 32.6 Å². The summed E-state index contributed by atoms with van der Waals surface area (Å²) in [5.74, 6) is 0.975. The summed E-state index contributed by atoms with van der Waals surface area (Å²) < 4.78 is 29.9. The van der Waals surface area contributed by atoms with Crippen molar-refractivity contribution in [3.8, 4) is 5.82 Å². The summed E-state index contributed by atoms with van der Waals surface area (Å²) in [5.41, 5.74) is 4.96. The molecular weight excluding hydrogens is 512 g/mol. The minimum Gasteiger partial charge on any atom is -0.337 e. The molecule has 0 aliphatic rings. The molecule has 5 aromatic rings. The molecule has 0 saturated carbocycles. The van der Waals surface area contributed by atoms with Crippen molar-refractivity contribution in [3.05, 3.63) is 82.4 Å². The fourth-order valence-electron chi connectivity index (χ4n) is 3.90. The topological polar surface area (TPSA) is 128 Å². The number of aryl methyl sites for hydroxylation is 4. The maximum absolute atomic E-state index is 12.9. The number of halogens is 1. The number of aromatic nitrogens is 6. The molecule has 5 rings (SSSR count). The van der Waals surface area contributed by atoms with Gasteiger partial charge in [0.15, 0.2) is 11.6 Å². The Bertz CT molecular complexity index is 1730. The Morgan fingerprint density at radius 2 is 1.49 bits per heavy atom. The fourth-order valence-corrected chi connectivity index (χ4v) is 5.01. The third kappa shape index (κ3) is 5.23. The molecule has 37 heavy (non-hydrogen) atoms. The largest absolute Gasteiger partial charge is 0.337 e. The van der Waals surface area contributed by atoms with Crippen LogP contribution in [0.15, 0.2) is 59.5 Å². The van der Waals surface area contributed by atoms with Gasteiger partial charge in [-0.1, -0.05) is 11.6 Å². The average Bonchev–Trinajstić information content (AvgIpc) is 3.15. The Morgan fingerprint density at radius 1 is 0.784 bits per heavy atom. The first-order chi connectivity index (χ1) is 17.6. The van der Waals surface area contributed by atoms with E-state index >= 15 is 0 Å². The standard InChI is InChI=1S/C25H23ClN8O2S/c1-14-11-15(2)28-25(27-14)33-37(35,36)20-8-6-19(7-9-20)29-23-24(34-17(4)12-16(3)32-34)31-21-10-5-18(26)13-22(21)30-23/h5-13H,1-4H3,(H,29,30)(H,27,28,33). The number of nitrogens with zero attached hydrogens (tertiary/aromatic N) is 6. The van der Waals surface area contributed by atoms with Gasteiger partial charge in [-0.25, -0.2) is 37.8 Å². The average molecular weight is 535 g/mol. The molecule has 3 heterocycles. The molecule has 0 saturated heterocycles. The predicted octanol–water partition coefficient (Wildman–Crippen LogP) is 5.04. The lowest BCUT2D eigenvalue weighted by Crippen LogP contribution is -2.15. The van der Waals surface area contributed by atoms with Crippen LogP contribution < -0.4 is 10.0 Å². The van der Waals surface area contributed by atoms with E-state index < -0.39 is 10.0 Å². The van der Waals surface area contributed by atoms with Crippen LogP contribution in [-0.4, -0.2) is 38.1 Å². The van der Waals surface area contributed by atoms with Gasteiger partial charge >= 0.3 is 0 Å². The number of nitrogens with one attached hydrogen (secondary N) is 2. The highest BCUT2D eigenvalue weighted by Crippen LogP contribution is 2.27. The molecule has 0 spiro atoms. The first-order valence-corrected chi connectivity index (χ1v) is 13.2. The maximum Gasteiger partial charge on any atom is 0.264 e. The molecule has 12 heteroatoms. The molecular formula is C25H23ClN8O2S. The van der Waals surface area contributed by atoms with E-state index in [0.29, 0.717) is 44.8 Å². The van der Waals surface area contributed by atoms with E-state index in [9.17, 15) is 8.42 Å². The predicted molar refractivity (Wildman–Crippen MR) is 143 cm³/mol. The minimum absolute atomic E-state index is 0.0272. The van der Waals surface area contributed by atoms with Gasteiger partial charge in [0, 0.05) is 27.8 Å². The fraction of sp³-hybridized carbons (Fsp3) is 0.160. The second-order valence-electron chi connectivity index (χ2n) is 8.60. The first-order valence-electron chi connectivity index (χ1n) is 11.3. The zero-order chi connectivity index (χ0) is 26.3. The summed E-state index contributed by atoms with van der Waals surface area (Å²) in [6, 6.07) is 15.3. The summed E-state index contributed by atoms with van der Waals surface area (Å²) in [4.78, 5) is 17.9. The molecule has 0 fully saturated rings. The molecule has 188 valence electrons. The van der Waals surface area contributed by atoms with Crippen molar-refractivity contribution >= 4 is 50.1 Å². The van der Waals surface area contributed by atoms with E-state index in [0.717, 1.165) is 11.4 Å². The van der Waals surface area contributed by atoms with Gasteiger partial charge in [0.2, 0.25) is 5.95 Å². The van der Waals surface area contributed by atoms with Crippen molar-refractivity contribution in [1.29, 1.82) is 0 Å². The smallest absolute Gasteiger partial charge is 0.264 e. The van der Waals surface area contributed by atoms with Crippen molar-refractivity contribution < 1.29 is 8.42 Å². The summed E-state index contributed by atoms with van der Waals surface area (Å²) >= 11 is 6.17. The molecule has 2 aromatic carbocycles. The van der Waals surface area contributed by atoms with Crippen LogP contribution in [0.4, 0.5) is 17.5 Å². The van der Waals surface area contributed by atoms with E-state index in [1.54, 1.807) is 54.9 Å². The van der Waals surface area contributed by atoms with Crippen LogP contribution in [0.2, 0.25) is 5.02 Å². The first kappa shape index (κ1) is 24.6. The van der Waals surface area contributed by atoms with Gasteiger partial charge < -0.3 is 5.32 Å². The Morgan fingerprint density at radius 3 is 2.14 bits per heavy atom. The molecule has 0 bridgehead atoms. The molecule has 0 atom stereocenters. The van der Waals surface area contributed by atoms with Crippen molar-refractivity contribution in [2.75, 3.05) is 10.0 Å². The Hall–Kier alpha value is -4.09. The number of hydrogen-bond acceptors (Lipinski definition) is 8. The summed E-state index contributed by atoms with van der Waals surface area (Å²) in [5, 5.41) is 8.34. The SMILES string of the molecule is Cc1cc(C)nc(NS(=O)(=O)c2ccc(Nc3nc4cc(Cl)ccc4nc3-n3nc(C)cc3C)cc2)n1. The van der Waals surface area contributed by atoms with Gasteiger partial charge in [0.1, 0.15) is 0 Å². The zero-order valence-electron chi connectivity index (χ0n) is 20.5. The van der Waals surface area contributed by atoms with Gasteiger partial charge in [0.05, 0.1) is 21.6 Å².